The number of aliphatic hydroxyl groups is 1. The summed E-state index contributed by atoms with van der Waals surface area (Å²) < 4.78 is 33.7. The highest BCUT2D eigenvalue weighted by atomic mass is 19.4. The van der Waals surface area contributed by atoms with Gasteiger partial charge in [0, 0.05) is 0 Å². The maximum Gasteiger partial charge on any atom is 0.401 e. The molecule has 0 rings (SSSR count). The topological polar surface area (TPSA) is 32.3 Å². The Balaban J connectivity index is 3.28. The Bertz CT molecular complexity index is 80.4. The molecule has 5 heteroatoms. The predicted octanol–water partition coefficient (Wildman–Crippen LogP) is 0.477. The maximum atomic E-state index is 11.2. The molecule has 0 aromatic heterocycles. The number of halogens is 3. The molecule has 9 heavy (non-hydrogen) atoms. The number of hydrogen-bond donors (Lipinski definition) is 2. The van der Waals surface area contributed by atoms with Crippen molar-refractivity contribution in [1.29, 1.82) is 0 Å². The number of rotatable bonds is 2. The van der Waals surface area contributed by atoms with Gasteiger partial charge in [-0.1, -0.05) is 0 Å². The molecule has 0 fully saturated rings. The van der Waals surface area contributed by atoms with Crippen LogP contribution in [-0.4, -0.2) is 24.1 Å². The van der Waals surface area contributed by atoms with Crippen molar-refractivity contribution in [3.63, 3.8) is 0 Å². The molecule has 0 aliphatic rings. The van der Waals surface area contributed by atoms with Crippen molar-refractivity contribution in [2.45, 2.75) is 19.3 Å². The van der Waals surface area contributed by atoms with Crippen LogP contribution in [-0.2, 0) is 0 Å². The van der Waals surface area contributed by atoms with E-state index in [1.807, 2.05) is 5.32 Å². The first kappa shape index (κ1) is 8.71. The molecule has 1 atom stereocenters. The highest BCUT2D eigenvalue weighted by molar-refractivity contribution is 4.54. The van der Waals surface area contributed by atoms with Gasteiger partial charge in [-0.05, 0) is 6.92 Å². The lowest BCUT2D eigenvalue weighted by molar-refractivity contribution is -0.130. The Morgan fingerprint density at radius 3 is 2.11 bits per heavy atom. The largest absolute Gasteiger partial charge is 0.401 e. The zero-order valence-electron chi connectivity index (χ0n) is 4.87. The molecule has 0 aromatic carbocycles. The number of nitrogens with one attached hydrogen (secondary N) is 1. The highest BCUT2D eigenvalue weighted by Gasteiger charge is 2.26. The molecule has 0 amide bonds. The molecule has 2 N–H and O–H groups in total. The van der Waals surface area contributed by atoms with Crippen molar-refractivity contribution in [1.82, 2.24) is 5.32 Å². The second kappa shape index (κ2) is 3.03. The predicted molar refractivity (Wildman–Crippen MR) is 25.7 cm³/mol. The van der Waals surface area contributed by atoms with Gasteiger partial charge in [0.2, 0.25) is 0 Å². The van der Waals surface area contributed by atoms with E-state index in [1.165, 1.54) is 6.92 Å². The summed E-state index contributed by atoms with van der Waals surface area (Å²) in [6, 6.07) is 0. The van der Waals surface area contributed by atoms with E-state index < -0.39 is 18.9 Å². The summed E-state index contributed by atoms with van der Waals surface area (Å²) in [6.07, 6.45) is -5.34. The first-order valence-electron chi connectivity index (χ1n) is 2.40. The van der Waals surface area contributed by atoms with Crippen molar-refractivity contribution >= 4 is 0 Å². The fourth-order valence-electron chi connectivity index (χ4n) is 0.263. The normalized spacial score (nSPS) is 15.7. The van der Waals surface area contributed by atoms with E-state index in [-0.39, 0.29) is 0 Å². The minimum absolute atomic E-state index is 1.10. The van der Waals surface area contributed by atoms with Crippen molar-refractivity contribution in [3.05, 3.63) is 0 Å². The van der Waals surface area contributed by atoms with Crippen molar-refractivity contribution in [2.24, 2.45) is 0 Å². The monoisotopic (exact) mass is 143 g/mol. The summed E-state index contributed by atoms with van der Waals surface area (Å²) in [5.74, 6) is 0. The molecule has 0 radical (unpaired) electrons. The lowest BCUT2D eigenvalue weighted by Gasteiger charge is -2.09. The highest BCUT2D eigenvalue weighted by Crippen LogP contribution is 2.12. The number of hydrogen-bond acceptors (Lipinski definition) is 2. The zero-order valence-corrected chi connectivity index (χ0v) is 4.87. The van der Waals surface area contributed by atoms with Crippen LogP contribution < -0.4 is 5.32 Å². The van der Waals surface area contributed by atoms with Crippen LogP contribution in [0.3, 0.4) is 0 Å². The molecule has 1 unspecified atom stereocenters. The van der Waals surface area contributed by atoms with E-state index in [2.05, 4.69) is 0 Å². The Morgan fingerprint density at radius 1 is 1.56 bits per heavy atom. The van der Waals surface area contributed by atoms with Crippen molar-refractivity contribution < 1.29 is 18.3 Å². The Labute approximate surface area is 50.7 Å². The van der Waals surface area contributed by atoms with E-state index in [0.29, 0.717) is 0 Å². The van der Waals surface area contributed by atoms with E-state index >= 15 is 0 Å². The molecular formula is C4H8F3NO. The molecule has 0 saturated carbocycles. The Hall–Kier alpha value is -0.290. The van der Waals surface area contributed by atoms with Gasteiger partial charge in [0.15, 0.2) is 0 Å². The zero-order chi connectivity index (χ0) is 7.49. The summed E-state index contributed by atoms with van der Waals surface area (Å²) in [4.78, 5) is 0. The summed E-state index contributed by atoms with van der Waals surface area (Å²) in [6.45, 7) is 0.0798. The van der Waals surface area contributed by atoms with Crippen molar-refractivity contribution in [2.75, 3.05) is 6.54 Å². The molecule has 0 aromatic rings. The van der Waals surface area contributed by atoms with Gasteiger partial charge >= 0.3 is 6.18 Å². The molecule has 2 nitrogen and oxygen atoms in total. The lowest BCUT2D eigenvalue weighted by atomic mass is 10.5. The molecule has 0 saturated heterocycles. The van der Waals surface area contributed by atoms with E-state index in [9.17, 15) is 13.2 Å². The van der Waals surface area contributed by atoms with Crippen LogP contribution in [0.4, 0.5) is 13.2 Å². The number of aliphatic hydroxyl groups excluding tert-OH is 1. The molecule has 0 aliphatic heterocycles. The summed E-state index contributed by atoms with van der Waals surface area (Å²) in [5.41, 5.74) is 0. The second-order valence-corrected chi connectivity index (χ2v) is 1.67. The third kappa shape index (κ3) is 7.71. The van der Waals surface area contributed by atoms with Gasteiger partial charge in [-0.3, -0.25) is 5.32 Å². The van der Waals surface area contributed by atoms with Gasteiger partial charge in [0.05, 0.1) is 6.54 Å². The SMILES string of the molecule is CC(O)NCC(F)(F)F. The minimum Gasteiger partial charge on any atom is -0.379 e. The van der Waals surface area contributed by atoms with Crippen LogP contribution in [0.15, 0.2) is 0 Å². The van der Waals surface area contributed by atoms with Crippen LogP contribution in [0.2, 0.25) is 0 Å². The molecular weight excluding hydrogens is 135 g/mol. The Kier molecular flexibility index (Phi) is 2.93. The maximum absolute atomic E-state index is 11.2. The fraction of sp³-hybridized carbons (Fsp3) is 1.00. The molecule has 0 bridgehead atoms. The average Bonchev–Trinajstić information content (AvgIpc) is 1.59. The molecule has 0 spiro atoms. The van der Waals surface area contributed by atoms with Crippen LogP contribution in [0, 0.1) is 0 Å². The first-order valence-corrected chi connectivity index (χ1v) is 2.40. The second-order valence-electron chi connectivity index (χ2n) is 1.67. The summed E-state index contributed by atoms with van der Waals surface area (Å²) in [7, 11) is 0. The van der Waals surface area contributed by atoms with Gasteiger partial charge in [0.25, 0.3) is 0 Å². The molecule has 0 aliphatic carbocycles. The van der Waals surface area contributed by atoms with Gasteiger partial charge < -0.3 is 5.11 Å². The minimum atomic E-state index is -4.24. The fourth-order valence-corrected chi connectivity index (χ4v) is 0.263. The van der Waals surface area contributed by atoms with Crippen LogP contribution >= 0.6 is 0 Å². The lowest BCUT2D eigenvalue weighted by Crippen LogP contribution is -2.34. The molecule has 56 valence electrons. The van der Waals surface area contributed by atoms with E-state index in [0.717, 1.165) is 0 Å². The van der Waals surface area contributed by atoms with Gasteiger partial charge in [-0.25, -0.2) is 0 Å². The first-order chi connectivity index (χ1) is 3.92. The van der Waals surface area contributed by atoms with Crippen LogP contribution in [0.25, 0.3) is 0 Å². The van der Waals surface area contributed by atoms with Gasteiger partial charge in [0.1, 0.15) is 6.23 Å². The third-order valence-electron chi connectivity index (χ3n) is 0.598. The summed E-state index contributed by atoms with van der Waals surface area (Å²) >= 11 is 0. The standard InChI is InChI=1S/C4H8F3NO/c1-3(9)8-2-4(5,6)7/h3,8-9H,2H2,1H3. The van der Waals surface area contributed by atoms with Gasteiger partial charge in [-0.2, -0.15) is 13.2 Å². The number of alkyl halides is 3. The smallest absolute Gasteiger partial charge is 0.379 e. The van der Waals surface area contributed by atoms with E-state index in [4.69, 9.17) is 5.11 Å². The quantitative estimate of drug-likeness (QED) is 0.551. The molecule has 0 heterocycles. The Morgan fingerprint density at radius 2 is 2.00 bits per heavy atom. The van der Waals surface area contributed by atoms with E-state index in [1.54, 1.807) is 0 Å². The van der Waals surface area contributed by atoms with Crippen molar-refractivity contribution in [3.8, 4) is 0 Å². The van der Waals surface area contributed by atoms with Crippen LogP contribution in [0.5, 0.6) is 0 Å². The summed E-state index contributed by atoms with van der Waals surface area (Å²) in [5, 5.41) is 10.1. The third-order valence-corrected chi connectivity index (χ3v) is 0.598. The van der Waals surface area contributed by atoms with Crippen LogP contribution in [0.1, 0.15) is 6.92 Å². The average molecular weight is 143 g/mol. The van der Waals surface area contributed by atoms with Gasteiger partial charge in [-0.15, -0.1) is 0 Å².